The third-order valence-corrected chi connectivity index (χ3v) is 5.20. The van der Waals surface area contributed by atoms with Crippen LogP contribution in [-0.4, -0.2) is 38.8 Å². The highest BCUT2D eigenvalue weighted by molar-refractivity contribution is 7.15. The summed E-state index contributed by atoms with van der Waals surface area (Å²) in [5.74, 6) is 1.68. The predicted octanol–water partition coefficient (Wildman–Crippen LogP) is 3.10. The Kier molecular flexibility index (Phi) is 4.62. The number of carbonyl (C=O) groups is 1. The third kappa shape index (κ3) is 3.46. The van der Waals surface area contributed by atoms with Crippen molar-refractivity contribution in [3.8, 4) is 0 Å². The molecule has 1 fully saturated rings. The highest BCUT2D eigenvalue weighted by Crippen LogP contribution is 2.29. The van der Waals surface area contributed by atoms with Gasteiger partial charge >= 0.3 is 0 Å². The average molecular weight is 343 g/mol. The summed E-state index contributed by atoms with van der Waals surface area (Å²) in [6, 6.07) is 1.96. The van der Waals surface area contributed by atoms with Gasteiger partial charge in [-0.05, 0) is 33.3 Å². The summed E-state index contributed by atoms with van der Waals surface area (Å²) in [5, 5.41) is 4.11. The zero-order chi connectivity index (χ0) is 17.3. The van der Waals surface area contributed by atoms with Crippen molar-refractivity contribution in [2.45, 2.75) is 33.1 Å². The number of thiazole rings is 1. The number of nitrogens with one attached hydrogen (secondary N) is 1. The van der Waals surface area contributed by atoms with Crippen LogP contribution in [0.15, 0.2) is 18.7 Å². The Hall–Kier alpha value is -2.28. The Morgan fingerprint density at radius 1 is 1.38 bits per heavy atom. The summed E-state index contributed by atoms with van der Waals surface area (Å²) in [6.45, 7) is 10.9. The van der Waals surface area contributed by atoms with Crippen molar-refractivity contribution >= 4 is 28.2 Å². The van der Waals surface area contributed by atoms with Gasteiger partial charge < -0.3 is 10.2 Å². The lowest BCUT2D eigenvalue weighted by Crippen LogP contribution is -2.26. The first-order valence-electron chi connectivity index (χ1n) is 7.94. The zero-order valence-corrected chi connectivity index (χ0v) is 15.0. The van der Waals surface area contributed by atoms with Crippen LogP contribution in [0.5, 0.6) is 0 Å². The van der Waals surface area contributed by atoms with Crippen molar-refractivity contribution in [3.05, 3.63) is 40.8 Å². The molecule has 1 aliphatic heterocycles. The number of aromatic nitrogens is 3. The van der Waals surface area contributed by atoms with E-state index in [0.29, 0.717) is 12.4 Å². The van der Waals surface area contributed by atoms with Crippen LogP contribution in [0.3, 0.4) is 0 Å². The SMILES string of the molecule is C=CC(=O)N1CC[C@H](c2cc(Nc3nc(C)c(C)s3)nc(C)n2)C1. The van der Waals surface area contributed by atoms with Crippen molar-refractivity contribution in [2.75, 3.05) is 18.4 Å². The fourth-order valence-corrected chi connectivity index (χ4v) is 3.65. The Morgan fingerprint density at radius 2 is 2.17 bits per heavy atom. The molecule has 0 unspecified atom stereocenters. The molecule has 2 aromatic rings. The summed E-state index contributed by atoms with van der Waals surface area (Å²) in [5.41, 5.74) is 2.00. The number of nitrogens with zero attached hydrogens (tertiary/aromatic N) is 4. The molecule has 1 atom stereocenters. The number of anilines is 2. The molecule has 0 aliphatic carbocycles. The molecule has 3 rings (SSSR count). The number of hydrogen-bond acceptors (Lipinski definition) is 6. The van der Waals surface area contributed by atoms with E-state index in [9.17, 15) is 4.79 Å². The summed E-state index contributed by atoms with van der Waals surface area (Å²) >= 11 is 1.61. The smallest absolute Gasteiger partial charge is 0.245 e. The van der Waals surface area contributed by atoms with E-state index in [4.69, 9.17) is 0 Å². The molecular formula is C17H21N5OS. The molecule has 0 radical (unpaired) electrons. The van der Waals surface area contributed by atoms with Gasteiger partial charge in [0.15, 0.2) is 5.13 Å². The van der Waals surface area contributed by atoms with E-state index in [1.807, 2.05) is 24.8 Å². The van der Waals surface area contributed by atoms with Crippen LogP contribution in [0.4, 0.5) is 10.9 Å². The number of rotatable bonds is 4. The molecular weight excluding hydrogens is 322 g/mol. The fourth-order valence-electron chi connectivity index (χ4n) is 2.83. The van der Waals surface area contributed by atoms with E-state index in [2.05, 4.69) is 33.8 Å². The van der Waals surface area contributed by atoms with Crippen molar-refractivity contribution in [3.63, 3.8) is 0 Å². The highest BCUT2D eigenvalue weighted by atomic mass is 32.1. The first kappa shape index (κ1) is 16.6. The van der Waals surface area contributed by atoms with Crippen LogP contribution < -0.4 is 5.32 Å². The molecule has 1 aliphatic rings. The topological polar surface area (TPSA) is 71.0 Å². The van der Waals surface area contributed by atoms with Gasteiger partial charge in [0, 0.05) is 30.0 Å². The molecule has 24 heavy (non-hydrogen) atoms. The average Bonchev–Trinajstić information content (AvgIpc) is 3.14. The van der Waals surface area contributed by atoms with Gasteiger partial charge in [-0.25, -0.2) is 15.0 Å². The van der Waals surface area contributed by atoms with Gasteiger partial charge in [-0.3, -0.25) is 4.79 Å². The summed E-state index contributed by atoms with van der Waals surface area (Å²) < 4.78 is 0. The first-order valence-corrected chi connectivity index (χ1v) is 8.76. The second-order valence-corrected chi connectivity index (χ2v) is 7.19. The summed E-state index contributed by atoms with van der Waals surface area (Å²) in [7, 11) is 0. The Balaban J connectivity index is 1.79. The number of carbonyl (C=O) groups excluding carboxylic acids is 1. The van der Waals surface area contributed by atoms with Crippen molar-refractivity contribution in [1.29, 1.82) is 0 Å². The van der Waals surface area contributed by atoms with E-state index in [0.717, 1.165) is 35.3 Å². The standard InChI is InChI=1S/C17H21N5OS/c1-5-16(23)22-7-6-13(9-22)14-8-15(20-12(4)19-14)21-17-18-10(2)11(3)24-17/h5,8,13H,1,6-7,9H2,2-4H3,(H,18,19,20,21)/t13-/m0/s1. The fraction of sp³-hybridized carbons (Fsp3) is 0.412. The van der Waals surface area contributed by atoms with E-state index >= 15 is 0 Å². The molecule has 1 saturated heterocycles. The Bertz CT molecular complexity index is 766. The monoisotopic (exact) mass is 343 g/mol. The van der Waals surface area contributed by atoms with Gasteiger partial charge in [-0.2, -0.15) is 0 Å². The Labute approximate surface area is 145 Å². The lowest BCUT2D eigenvalue weighted by molar-refractivity contribution is -0.125. The lowest BCUT2D eigenvalue weighted by atomic mass is 10.0. The quantitative estimate of drug-likeness (QED) is 0.864. The molecule has 0 spiro atoms. The van der Waals surface area contributed by atoms with Gasteiger partial charge in [-0.1, -0.05) is 6.58 Å². The maximum absolute atomic E-state index is 11.8. The molecule has 3 heterocycles. The van der Waals surface area contributed by atoms with E-state index in [1.54, 1.807) is 11.3 Å². The summed E-state index contributed by atoms with van der Waals surface area (Å²) in [4.78, 5) is 28.3. The van der Waals surface area contributed by atoms with Crippen molar-refractivity contribution in [2.24, 2.45) is 0 Å². The summed E-state index contributed by atoms with van der Waals surface area (Å²) in [6.07, 6.45) is 2.28. The number of amides is 1. The van der Waals surface area contributed by atoms with Gasteiger partial charge in [0.1, 0.15) is 11.6 Å². The molecule has 2 aromatic heterocycles. The molecule has 0 aromatic carbocycles. The maximum atomic E-state index is 11.8. The number of aryl methyl sites for hydroxylation is 3. The van der Waals surface area contributed by atoms with Gasteiger partial charge in [0.25, 0.3) is 0 Å². The number of likely N-dealkylation sites (tertiary alicyclic amines) is 1. The maximum Gasteiger partial charge on any atom is 0.245 e. The minimum Gasteiger partial charge on any atom is -0.338 e. The first-order chi connectivity index (χ1) is 11.5. The largest absolute Gasteiger partial charge is 0.338 e. The van der Waals surface area contributed by atoms with Crippen LogP contribution in [0.2, 0.25) is 0 Å². The van der Waals surface area contributed by atoms with Crippen LogP contribution >= 0.6 is 11.3 Å². The van der Waals surface area contributed by atoms with Crippen LogP contribution in [0, 0.1) is 20.8 Å². The molecule has 0 bridgehead atoms. The van der Waals surface area contributed by atoms with Crippen molar-refractivity contribution in [1.82, 2.24) is 19.9 Å². The molecule has 7 heteroatoms. The van der Waals surface area contributed by atoms with E-state index < -0.39 is 0 Å². The number of hydrogen-bond donors (Lipinski definition) is 1. The molecule has 126 valence electrons. The third-order valence-electron chi connectivity index (χ3n) is 4.21. The van der Waals surface area contributed by atoms with Gasteiger partial charge in [-0.15, -0.1) is 11.3 Å². The molecule has 1 amide bonds. The van der Waals surface area contributed by atoms with E-state index in [-0.39, 0.29) is 11.8 Å². The molecule has 1 N–H and O–H groups in total. The van der Waals surface area contributed by atoms with Crippen LogP contribution in [0.25, 0.3) is 0 Å². The minimum atomic E-state index is -0.0182. The minimum absolute atomic E-state index is 0.0182. The molecule has 6 nitrogen and oxygen atoms in total. The highest BCUT2D eigenvalue weighted by Gasteiger charge is 2.27. The van der Waals surface area contributed by atoms with Gasteiger partial charge in [0.05, 0.1) is 11.4 Å². The second-order valence-electron chi connectivity index (χ2n) is 5.98. The molecule has 0 saturated carbocycles. The van der Waals surface area contributed by atoms with Crippen LogP contribution in [-0.2, 0) is 4.79 Å². The normalized spacial score (nSPS) is 17.1. The Morgan fingerprint density at radius 3 is 2.83 bits per heavy atom. The lowest BCUT2D eigenvalue weighted by Gasteiger charge is -2.14. The van der Waals surface area contributed by atoms with Gasteiger partial charge in [0.2, 0.25) is 5.91 Å². The van der Waals surface area contributed by atoms with E-state index in [1.165, 1.54) is 11.0 Å². The van der Waals surface area contributed by atoms with Crippen molar-refractivity contribution < 1.29 is 4.79 Å². The van der Waals surface area contributed by atoms with Crippen LogP contribution in [0.1, 0.15) is 34.4 Å². The predicted molar refractivity (Wildman–Crippen MR) is 95.8 cm³/mol. The second kappa shape index (κ2) is 6.68. The zero-order valence-electron chi connectivity index (χ0n) is 14.2.